The topological polar surface area (TPSA) is 47.3 Å². The standard InChI is InChI=1S/C11H13ClN2O/c1-8(7-15)14(2)10-4-3-9(6-13)11(12)5-10/h3-5,8,15H,7H2,1-2H3. The van der Waals surface area contributed by atoms with Crippen LogP contribution in [0.5, 0.6) is 0 Å². The number of hydrogen-bond donors (Lipinski definition) is 1. The number of halogens is 1. The summed E-state index contributed by atoms with van der Waals surface area (Å²) in [4.78, 5) is 1.91. The van der Waals surface area contributed by atoms with E-state index in [0.717, 1.165) is 5.69 Å². The van der Waals surface area contributed by atoms with Crippen molar-refractivity contribution < 1.29 is 5.11 Å². The Labute approximate surface area is 94.5 Å². The Morgan fingerprint density at radius 1 is 1.60 bits per heavy atom. The molecule has 80 valence electrons. The lowest BCUT2D eigenvalue weighted by Gasteiger charge is -2.25. The molecule has 15 heavy (non-hydrogen) atoms. The predicted molar refractivity (Wildman–Crippen MR) is 61.1 cm³/mol. The van der Waals surface area contributed by atoms with Gasteiger partial charge in [-0.3, -0.25) is 0 Å². The summed E-state index contributed by atoms with van der Waals surface area (Å²) in [5, 5.41) is 18.2. The molecule has 3 nitrogen and oxygen atoms in total. The number of rotatable bonds is 3. The van der Waals surface area contributed by atoms with Crippen LogP contribution in [0.4, 0.5) is 5.69 Å². The third-order valence-electron chi connectivity index (χ3n) is 2.41. The monoisotopic (exact) mass is 224 g/mol. The summed E-state index contributed by atoms with van der Waals surface area (Å²) in [6.45, 7) is 1.99. The lowest BCUT2D eigenvalue weighted by Crippen LogP contribution is -2.31. The van der Waals surface area contributed by atoms with E-state index in [2.05, 4.69) is 0 Å². The van der Waals surface area contributed by atoms with E-state index in [-0.39, 0.29) is 12.6 Å². The van der Waals surface area contributed by atoms with Crippen LogP contribution in [-0.4, -0.2) is 24.8 Å². The highest BCUT2D eigenvalue weighted by Gasteiger charge is 2.10. The average molecular weight is 225 g/mol. The third-order valence-corrected chi connectivity index (χ3v) is 2.72. The molecular weight excluding hydrogens is 212 g/mol. The molecule has 1 atom stereocenters. The molecule has 0 amide bonds. The summed E-state index contributed by atoms with van der Waals surface area (Å²) >= 11 is 5.91. The number of aliphatic hydroxyl groups is 1. The first kappa shape index (κ1) is 11.8. The van der Waals surface area contributed by atoms with Crippen LogP contribution >= 0.6 is 11.6 Å². The van der Waals surface area contributed by atoms with E-state index in [1.165, 1.54) is 0 Å². The quantitative estimate of drug-likeness (QED) is 0.855. The highest BCUT2D eigenvalue weighted by molar-refractivity contribution is 6.32. The fourth-order valence-corrected chi connectivity index (χ4v) is 1.41. The Morgan fingerprint density at radius 3 is 2.73 bits per heavy atom. The molecule has 0 bridgehead atoms. The first-order valence-corrected chi connectivity index (χ1v) is 5.01. The van der Waals surface area contributed by atoms with Gasteiger partial charge in [0.1, 0.15) is 6.07 Å². The Balaban J connectivity index is 2.98. The van der Waals surface area contributed by atoms with Gasteiger partial charge in [-0.05, 0) is 25.1 Å². The minimum absolute atomic E-state index is 0.0222. The number of nitriles is 1. The molecule has 0 aliphatic heterocycles. The molecule has 0 radical (unpaired) electrons. The van der Waals surface area contributed by atoms with Gasteiger partial charge in [0.05, 0.1) is 17.2 Å². The molecule has 1 aromatic rings. The van der Waals surface area contributed by atoms with Gasteiger partial charge in [0.15, 0.2) is 0 Å². The van der Waals surface area contributed by atoms with Gasteiger partial charge in [0.2, 0.25) is 0 Å². The molecule has 4 heteroatoms. The third kappa shape index (κ3) is 2.62. The molecule has 0 heterocycles. The molecule has 0 aromatic heterocycles. The highest BCUT2D eigenvalue weighted by Crippen LogP contribution is 2.23. The first-order chi connectivity index (χ1) is 7.10. The van der Waals surface area contributed by atoms with Crippen LogP contribution in [0, 0.1) is 11.3 Å². The van der Waals surface area contributed by atoms with Crippen LogP contribution in [0.15, 0.2) is 18.2 Å². The van der Waals surface area contributed by atoms with Crippen LogP contribution in [0.2, 0.25) is 5.02 Å². The van der Waals surface area contributed by atoms with Crippen LogP contribution in [0.1, 0.15) is 12.5 Å². The molecule has 1 aromatic carbocycles. The van der Waals surface area contributed by atoms with Crippen LogP contribution in [0.3, 0.4) is 0 Å². The number of nitrogens with zero attached hydrogens (tertiary/aromatic N) is 2. The van der Waals surface area contributed by atoms with Crippen molar-refractivity contribution in [3.8, 4) is 6.07 Å². The van der Waals surface area contributed by atoms with Gasteiger partial charge in [-0.25, -0.2) is 0 Å². The Bertz CT molecular complexity index is 387. The molecule has 0 spiro atoms. The van der Waals surface area contributed by atoms with Gasteiger partial charge in [-0.15, -0.1) is 0 Å². The van der Waals surface area contributed by atoms with Crippen molar-refractivity contribution in [2.75, 3.05) is 18.6 Å². The average Bonchev–Trinajstić information content (AvgIpc) is 2.26. The largest absolute Gasteiger partial charge is 0.394 e. The number of likely N-dealkylation sites (N-methyl/N-ethyl adjacent to an activating group) is 1. The highest BCUT2D eigenvalue weighted by atomic mass is 35.5. The minimum atomic E-state index is 0.0222. The van der Waals surface area contributed by atoms with E-state index in [4.69, 9.17) is 22.0 Å². The predicted octanol–water partition coefficient (Wildman–Crippen LogP) is 2.03. The Hall–Kier alpha value is -1.24. The lowest BCUT2D eigenvalue weighted by molar-refractivity contribution is 0.270. The van der Waals surface area contributed by atoms with E-state index in [1.807, 2.05) is 31.0 Å². The second kappa shape index (κ2) is 5.01. The summed E-state index contributed by atoms with van der Waals surface area (Å²) in [7, 11) is 1.87. The second-order valence-electron chi connectivity index (χ2n) is 3.42. The van der Waals surface area contributed by atoms with Crippen molar-refractivity contribution in [3.05, 3.63) is 28.8 Å². The second-order valence-corrected chi connectivity index (χ2v) is 3.83. The maximum Gasteiger partial charge on any atom is 0.101 e. The Morgan fingerprint density at radius 2 is 2.27 bits per heavy atom. The lowest BCUT2D eigenvalue weighted by atomic mass is 10.2. The van der Waals surface area contributed by atoms with E-state index >= 15 is 0 Å². The number of aliphatic hydroxyl groups excluding tert-OH is 1. The summed E-state index contributed by atoms with van der Waals surface area (Å²) < 4.78 is 0. The van der Waals surface area contributed by atoms with Crippen LogP contribution in [-0.2, 0) is 0 Å². The zero-order valence-electron chi connectivity index (χ0n) is 8.74. The summed E-state index contributed by atoms with van der Waals surface area (Å²) in [5.74, 6) is 0. The number of anilines is 1. The van der Waals surface area contributed by atoms with Crippen molar-refractivity contribution in [3.63, 3.8) is 0 Å². The summed E-state index contributed by atoms with van der Waals surface area (Å²) in [6.07, 6.45) is 0. The van der Waals surface area contributed by atoms with E-state index < -0.39 is 0 Å². The molecule has 0 saturated carbocycles. The molecule has 1 N–H and O–H groups in total. The number of benzene rings is 1. The molecule has 1 unspecified atom stereocenters. The molecule has 0 aliphatic rings. The van der Waals surface area contributed by atoms with Crippen molar-refractivity contribution >= 4 is 17.3 Å². The molecule has 0 aliphatic carbocycles. The molecule has 0 saturated heterocycles. The van der Waals surface area contributed by atoms with Gasteiger partial charge in [0.25, 0.3) is 0 Å². The van der Waals surface area contributed by atoms with Gasteiger partial charge in [0, 0.05) is 18.8 Å². The van der Waals surface area contributed by atoms with Gasteiger partial charge >= 0.3 is 0 Å². The van der Waals surface area contributed by atoms with Gasteiger partial charge < -0.3 is 10.0 Å². The van der Waals surface area contributed by atoms with Crippen molar-refractivity contribution in [2.24, 2.45) is 0 Å². The SMILES string of the molecule is CC(CO)N(C)c1ccc(C#N)c(Cl)c1. The van der Waals surface area contributed by atoms with Crippen molar-refractivity contribution in [1.29, 1.82) is 5.26 Å². The van der Waals surface area contributed by atoms with Crippen LogP contribution < -0.4 is 4.90 Å². The zero-order valence-corrected chi connectivity index (χ0v) is 9.49. The van der Waals surface area contributed by atoms with E-state index in [9.17, 15) is 0 Å². The maximum absolute atomic E-state index is 9.01. The fourth-order valence-electron chi connectivity index (χ4n) is 1.19. The normalized spacial score (nSPS) is 11.9. The van der Waals surface area contributed by atoms with Gasteiger partial charge in [-0.1, -0.05) is 11.6 Å². The van der Waals surface area contributed by atoms with E-state index in [0.29, 0.717) is 10.6 Å². The Kier molecular flexibility index (Phi) is 3.96. The first-order valence-electron chi connectivity index (χ1n) is 4.63. The summed E-state index contributed by atoms with van der Waals surface area (Å²) in [5.41, 5.74) is 1.35. The number of hydrogen-bond acceptors (Lipinski definition) is 3. The smallest absolute Gasteiger partial charge is 0.101 e. The summed E-state index contributed by atoms with van der Waals surface area (Å²) in [6, 6.07) is 7.25. The van der Waals surface area contributed by atoms with Crippen LogP contribution in [0.25, 0.3) is 0 Å². The molecule has 0 fully saturated rings. The van der Waals surface area contributed by atoms with E-state index in [1.54, 1.807) is 12.1 Å². The fraction of sp³-hybridized carbons (Fsp3) is 0.364. The van der Waals surface area contributed by atoms with Crippen molar-refractivity contribution in [2.45, 2.75) is 13.0 Å². The van der Waals surface area contributed by atoms with Gasteiger partial charge in [-0.2, -0.15) is 5.26 Å². The zero-order chi connectivity index (χ0) is 11.4. The molecule has 1 rings (SSSR count). The minimum Gasteiger partial charge on any atom is -0.394 e. The van der Waals surface area contributed by atoms with Crippen molar-refractivity contribution in [1.82, 2.24) is 0 Å². The maximum atomic E-state index is 9.01. The molecular formula is C11H13ClN2O.